The highest BCUT2D eigenvalue weighted by Crippen LogP contribution is 2.31. The summed E-state index contributed by atoms with van der Waals surface area (Å²) in [7, 11) is 1.75. The fourth-order valence-corrected chi connectivity index (χ4v) is 3.65. The molecule has 2 atom stereocenters. The molecular weight excluding hydrogens is 386 g/mol. The fraction of sp³-hybridized carbons (Fsp3) is 0.400. The average molecular weight is 409 g/mol. The molecular formula is C20H23N7O3. The zero-order valence-corrected chi connectivity index (χ0v) is 16.5. The molecule has 0 aliphatic heterocycles. The number of carbonyl (C=O) groups is 1. The number of rotatable bonds is 6. The molecule has 0 unspecified atom stereocenters. The van der Waals surface area contributed by atoms with Crippen LogP contribution in [0.3, 0.4) is 0 Å². The highest BCUT2D eigenvalue weighted by Gasteiger charge is 2.31. The van der Waals surface area contributed by atoms with Crippen LogP contribution in [0.25, 0.3) is 5.65 Å². The number of fused-ring (bicyclic) bond motifs is 1. The van der Waals surface area contributed by atoms with Gasteiger partial charge in [-0.15, -0.1) is 0 Å². The maximum atomic E-state index is 12.9. The summed E-state index contributed by atoms with van der Waals surface area (Å²) in [6, 6.07) is 5.18. The molecule has 5 rings (SSSR count). The lowest BCUT2D eigenvalue weighted by Gasteiger charge is -2.34. The van der Waals surface area contributed by atoms with Crippen molar-refractivity contribution in [1.82, 2.24) is 24.5 Å². The van der Waals surface area contributed by atoms with Crippen molar-refractivity contribution in [2.75, 3.05) is 17.7 Å². The second-order valence-corrected chi connectivity index (χ2v) is 7.79. The molecule has 30 heavy (non-hydrogen) atoms. The Morgan fingerprint density at radius 1 is 1.27 bits per heavy atom. The molecule has 2 saturated carbocycles. The topological polar surface area (TPSA) is 126 Å². The number of hydrogen-bond acceptors (Lipinski definition) is 7. The Bertz CT molecular complexity index is 1180. The number of amides is 1. The first-order valence-corrected chi connectivity index (χ1v) is 10.1. The lowest BCUT2D eigenvalue weighted by atomic mass is 9.89. The molecule has 0 aromatic carbocycles. The minimum absolute atomic E-state index is 0.199. The monoisotopic (exact) mass is 409 g/mol. The van der Waals surface area contributed by atoms with Crippen LogP contribution in [0.5, 0.6) is 0 Å². The van der Waals surface area contributed by atoms with Gasteiger partial charge in [-0.3, -0.25) is 9.59 Å². The molecule has 156 valence electrons. The molecule has 2 fully saturated rings. The third-order valence-electron chi connectivity index (χ3n) is 5.68. The first-order chi connectivity index (χ1) is 14.5. The number of nitrogens with zero attached hydrogens (tertiary/aromatic N) is 4. The second kappa shape index (κ2) is 7.13. The normalized spacial score (nSPS) is 20.6. The van der Waals surface area contributed by atoms with Gasteiger partial charge in [0.1, 0.15) is 22.9 Å². The first-order valence-electron chi connectivity index (χ1n) is 10.1. The number of aliphatic hydroxyl groups excluding tert-OH is 1. The number of pyridine rings is 1. The number of hydrogen-bond donors (Lipinski definition) is 4. The summed E-state index contributed by atoms with van der Waals surface area (Å²) >= 11 is 0. The molecule has 4 N–H and O–H groups in total. The third kappa shape index (κ3) is 3.18. The average Bonchev–Trinajstić information content (AvgIpc) is 3.44. The standard InChI is InChI=1S/C20H23N7O3/c1-21-17-9-16(24-13-3-2-8-26(20(13)30)14-6-7-15(14)28)25-18-12(10-22-27(17)18)19(29)23-11-4-5-11/h2-3,8-11,14-15,21,28H,4-7H2,1H3,(H,23,29)(H,24,25)/t14-,15+/m0/s1. The molecule has 3 aromatic rings. The van der Waals surface area contributed by atoms with E-state index in [2.05, 4.69) is 26.0 Å². The van der Waals surface area contributed by atoms with Crippen molar-refractivity contribution >= 4 is 28.9 Å². The Morgan fingerprint density at radius 3 is 2.77 bits per heavy atom. The molecule has 10 heteroatoms. The molecule has 0 saturated heterocycles. The van der Waals surface area contributed by atoms with Crippen LogP contribution in [0.2, 0.25) is 0 Å². The Kier molecular flexibility index (Phi) is 4.43. The van der Waals surface area contributed by atoms with Crippen molar-refractivity contribution in [3.05, 3.63) is 46.5 Å². The van der Waals surface area contributed by atoms with Crippen molar-refractivity contribution < 1.29 is 9.90 Å². The second-order valence-electron chi connectivity index (χ2n) is 7.79. The largest absolute Gasteiger partial charge is 0.391 e. The summed E-state index contributed by atoms with van der Waals surface area (Å²) in [4.78, 5) is 30.0. The highest BCUT2D eigenvalue weighted by molar-refractivity contribution is 6.00. The zero-order chi connectivity index (χ0) is 20.8. The van der Waals surface area contributed by atoms with Gasteiger partial charge < -0.3 is 25.6 Å². The first kappa shape index (κ1) is 18.6. The van der Waals surface area contributed by atoms with Crippen LogP contribution in [0.4, 0.5) is 17.3 Å². The van der Waals surface area contributed by atoms with Gasteiger partial charge in [-0.2, -0.15) is 9.61 Å². The van der Waals surface area contributed by atoms with Gasteiger partial charge in [-0.25, -0.2) is 4.98 Å². The SMILES string of the molecule is CNc1cc(Nc2cccn([C@H]3CC[C@H]3O)c2=O)nc2c(C(=O)NC3CC3)cnn12. The van der Waals surface area contributed by atoms with Gasteiger partial charge in [-0.05, 0) is 37.8 Å². The quantitative estimate of drug-likeness (QED) is 0.483. The Balaban J connectivity index is 1.51. The number of carbonyl (C=O) groups excluding carboxylic acids is 1. The van der Waals surface area contributed by atoms with E-state index in [-0.39, 0.29) is 23.6 Å². The number of aromatic nitrogens is 4. The predicted molar refractivity (Wildman–Crippen MR) is 111 cm³/mol. The van der Waals surface area contributed by atoms with Crippen LogP contribution >= 0.6 is 0 Å². The van der Waals surface area contributed by atoms with E-state index in [1.807, 2.05) is 0 Å². The molecule has 3 heterocycles. The molecule has 10 nitrogen and oxygen atoms in total. The van der Waals surface area contributed by atoms with E-state index in [0.717, 1.165) is 19.3 Å². The van der Waals surface area contributed by atoms with Gasteiger partial charge in [0.05, 0.1) is 18.3 Å². The maximum Gasteiger partial charge on any atom is 0.274 e. The van der Waals surface area contributed by atoms with Gasteiger partial charge in [-0.1, -0.05) is 0 Å². The fourth-order valence-electron chi connectivity index (χ4n) is 3.65. The minimum atomic E-state index is -0.498. The van der Waals surface area contributed by atoms with Gasteiger partial charge >= 0.3 is 0 Å². The molecule has 0 spiro atoms. The summed E-state index contributed by atoms with van der Waals surface area (Å²) in [6.45, 7) is 0. The maximum absolute atomic E-state index is 12.9. The van der Waals surface area contributed by atoms with Crippen molar-refractivity contribution in [1.29, 1.82) is 0 Å². The van der Waals surface area contributed by atoms with Gasteiger partial charge in [0.25, 0.3) is 11.5 Å². The van der Waals surface area contributed by atoms with E-state index in [0.29, 0.717) is 35.0 Å². The molecule has 0 bridgehead atoms. The van der Waals surface area contributed by atoms with Crippen LogP contribution in [0, 0.1) is 0 Å². The van der Waals surface area contributed by atoms with Crippen LogP contribution in [-0.4, -0.2) is 49.4 Å². The molecule has 2 aliphatic rings. The van der Waals surface area contributed by atoms with E-state index in [4.69, 9.17) is 0 Å². The van der Waals surface area contributed by atoms with Crippen molar-refractivity contribution in [2.45, 2.75) is 43.9 Å². The molecule has 3 aromatic heterocycles. The lowest BCUT2D eigenvalue weighted by Crippen LogP contribution is -2.39. The smallest absolute Gasteiger partial charge is 0.274 e. The molecule has 1 amide bonds. The Labute approximate surface area is 171 Å². The van der Waals surface area contributed by atoms with Crippen molar-refractivity contribution in [3.63, 3.8) is 0 Å². The number of anilines is 3. The van der Waals surface area contributed by atoms with Gasteiger partial charge in [0.15, 0.2) is 5.65 Å². The molecule has 0 radical (unpaired) electrons. The van der Waals surface area contributed by atoms with E-state index < -0.39 is 6.10 Å². The summed E-state index contributed by atoms with van der Waals surface area (Å²) in [5.74, 6) is 0.829. The summed E-state index contributed by atoms with van der Waals surface area (Å²) in [6.07, 6.45) is 6.14. The van der Waals surface area contributed by atoms with Crippen LogP contribution in [0.15, 0.2) is 35.4 Å². The summed E-state index contributed by atoms with van der Waals surface area (Å²) in [5, 5.41) is 23.3. The van der Waals surface area contributed by atoms with E-state index in [9.17, 15) is 14.7 Å². The van der Waals surface area contributed by atoms with Gasteiger partial charge in [0.2, 0.25) is 0 Å². The summed E-state index contributed by atoms with van der Waals surface area (Å²) in [5.41, 5.74) is 0.895. The zero-order valence-electron chi connectivity index (χ0n) is 16.5. The van der Waals surface area contributed by atoms with E-state index >= 15 is 0 Å². The van der Waals surface area contributed by atoms with Crippen LogP contribution in [-0.2, 0) is 0 Å². The Hall–Kier alpha value is -3.40. The minimum Gasteiger partial charge on any atom is -0.391 e. The van der Waals surface area contributed by atoms with Crippen molar-refractivity contribution in [2.24, 2.45) is 0 Å². The lowest BCUT2D eigenvalue weighted by molar-refractivity contribution is 0.0300. The molecule has 2 aliphatic carbocycles. The number of nitrogens with one attached hydrogen (secondary N) is 3. The third-order valence-corrected chi connectivity index (χ3v) is 5.68. The summed E-state index contributed by atoms with van der Waals surface area (Å²) < 4.78 is 3.11. The van der Waals surface area contributed by atoms with Crippen molar-refractivity contribution in [3.8, 4) is 0 Å². The highest BCUT2D eigenvalue weighted by atomic mass is 16.3. The van der Waals surface area contributed by atoms with Crippen LogP contribution in [0.1, 0.15) is 42.1 Å². The van der Waals surface area contributed by atoms with Crippen LogP contribution < -0.4 is 21.5 Å². The van der Waals surface area contributed by atoms with Gasteiger partial charge in [0, 0.05) is 25.4 Å². The number of aliphatic hydroxyl groups is 1. The predicted octanol–water partition coefficient (Wildman–Crippen LogP) is 1.26. The Morgan fingerprint density at radius 2 is 2.10 bits per heavy atom. The van der Waals surface area contributed by atoms with E-state index in [1.54, 1.807) is 40.5 Å². The van der Waals surface area contributed by atoms with E-state index in [1.165, 1.54) is 6.20 Å².